The second kappa shape index (κ2) is 9.37. The van der Waals surface area contributed by atoms with Gasteiger partial charge in [-0.05, 0) is 50.0 Å². The summed E-state index contributed by atoms with van der Waals surface area (Å²) in [5, 5.41) is 5.42. The van der Waals surface area contributed by atoms with Crippen LogP contribution in [0.5, 0.6) is 5.88 Å². The zero-order valence-corrected chi connectivity index (χ0v) is 17.0. The molecule has 2 heterocycles. The van der Waals surface area contributed by atoms with E-state index in [1.807, 2.05) is 19.9 Å². The number of hydrogen-bond donors (Lipinski definition) is 2. The normalized spacial score (nSPS) is 20.1. The van der Waals surface area contributed by atoms with Crippen LogP contribution in [0.3, 0.4) is 0 Å². The first-order chi connectivity index (χ1) is 13.5. The standard InChI is InChI=1S/C21H31N3O4/c1-13(2)11-18(19(25)22-3)23-20(26)17-9-8-16(14-6-7-14)21(24-17)28-12-15-5-4-10-27-15/h8-9,13-15,18H,4-7,10-12H2,1-3H3,(H,22,25)(H,23,26)/t15?,18-/m0/s1. The van der Waals surface area contributed by atoms with Crippen LogP contribution >= 0.6 is 0 Å². The largest absolute Gasteiger partial charge is 0.475 e. The van der Waals surface area contributed by atoms with Gasteiger partial charge < -0.3 is 20.1 Å². The summed E-state index contributed by atoms with van der Waals surface area (Å²) in [6.07, 6.45) is 4.94. The predicted molar refractivity (Wildman–Crippen MR) is 105 cm³/mol. The molecule has 28 heavy (non-hydrogen) atoms. The summed E-state index contributed by atoms with van der Waals surface area (Å²) in [5.41, 5.74) is 1.32. The van der Waals surface area contributed by atoms with Crippen LogP contribution in [0.15, 0.2) is 12.1 Å². The number of aromatic nitrogens is 1. The molecule has 0 bridgehead atoms. The van der Waals surface area contributed by atoms with Gasteiger partial charge in [-0.15, -0.1) is 0 Å². The minimum absolute atomic E-state index is 0.0926. The van der Waals surface area contributed by atoms with Crippen molar-refractivity contribution in [3.05, 3.63) is 23.4 Å². The number of hydrogen-bond acceptors (Lipinski definition) is 5. The van der Waals surface area contributed by atoms with E-state index in [0.29, 0.717) is 24.8 Å². The molecule has 3 rings (SSSR count). The third-order valence-corrected chi connectivity index (χ3v) is 5.14. The summed E-state index contributed by atoms with van der Waals surface area (Å²) in [6, 6.07) is 3.07. The molecule has 0 spiro atoms. The molecule has 0 aromatic carbocycles. The maximum absolute atomic E-state index is 12.7. The fourth-order valence-corrected chi connectivity index (χ4v) is 3.46. The van der Waals surface area contributed by atoms with Crippen LogP contribution in [-0.4, -0.2) is 49.2 Å². The highest BCUT2D eigenvalue weighted by molar-refractivity contribution is 5.96. The SMILES string of the molecule is CNC(=O)[C@H](CC(C)C)NC(=O)c1ccc(C2CC2)c(OCC2CCCO2)n1. The van der Waals surface area contributed by atoms with Gasteiger partial charge in [-0.3, -0.25) is 9.59 Å². The van der Waals surface area contributed by atoms with E-state index in [-0.39, 0.29) is 29.5 Å². The average Bonchev–Trinajstić information content (AvgIpc) is 3.39. The highest BCUT2D eigenvalue weighted by Gasteiger charge is 2.30. The monoisotopic (exact) mass is 389 g/mol. The van der Waals surface area contributed by atoms with Crippen LogP contribution in [-0.2, 0) is 9.53 Å². The minimum atomic E-state index is -0.585. The van der Waals surface area contributed by atoms with Crippen LogP contribution in [0.1, 0.15) is 67.9 Å². The van der Waals surface area contributed by atoms with Crippen molar-refractivity contribution >= 4 is 11.8 Å². The molecule has 2 N–H and O–H groups in total. The molecule has 7 nitrogen and oxygen atoms in total. The number of nitrogens with zero attached hydrogens (tertiary/aromatic N) is 1. The van der Waals surface area contributed by atoms with Gasteiger partial charge in [-0.2, -0.15) is 0 Å². The topological polar surface area (TPSA) is 89.6 Å². The molecule has 1 saturated carbocycles. The van der Waals surface area contributed by atoms with Crippen molar-refractivity contribution in [3.63, 3.8) is 0 Å². The Morgan fingerprint density at radius 2 is 2.07 bits per heavy atom. The first kappa shape index (κ1) is 20.6. The number of carbonyl (C=O) groups is 2. The summed E-state index contributed by atoms with van der Waals surface area (Å²) < 4.78 is 11.6. The van der Waals surface area contributed by atoms with Gasteiger partial charge in [0.2, 0.25) is 11.8 Å². The molecule has 1 aromatic heterocycles. The van der Waals surface area contributed by atoms with E-state index in [1.165, 1.54) is 0 Å². The van der Waals surface area contributed by atoms with Gasteiger partial charge >= 0.3 is 0 Å². The molecule has 0 radical (unpaired) electrons. The lowest BCUT2D eigenvalue weighted by molar-refractivity contribution is -0.122. The molecule has 1 aliphatic carbocycles. The summed E-state index contributed by atoms with van der Waals surface area (Å²) >= 11 is 0. The van der Waals surface area contributed by atoms with E-state index in [4.69, 9.17) is 9.47 Å². The van der Waals surface area contributed by atoms with E-state index in [9.17, 15) is 9.59 Å². The van der Waals surface area contributed by atoms with Crippen molar-refractivity contribution in [2.45, 2.75) is 64.0 Å². The highest BCUT2D eigenvalue weighted by Crippen LogP contribution is 2.43. The number of pyridine rings is 1. The maximum Gasteiger partial charge on any atom is 0.270 e. The fourth-order valence-electron chi connectivity index (χ4n) is 3.46. The Hall–Kier alpha value is -2.15. The van der Waals surface area contributed by atoms with Gasteiger partial charge in [0.25, 0.3) is 5.91 Å². The predicted octanol–water partition coefficient (Wildman–Crippen LogP) is 2.41. The van der Waals surface area contributed by atoms with Crippen molar-refractivity contribution in [1.29, 1.82) is 0 Å². The third kappa shape index (κ3) is 5.44. The second-order valence-corrected chi connectivity index (χ2v) is 8.08. The first-order valence-electron chi connectivity index (χ1n) is 10.3. The molecule has 1 aliphatic heterocycles. The van der Waals surface area contributed by atoms with Gasteiger partial charge in [0, 0.05) is 19.2 Å². The Labute approximate surface area is 166 Å². The van der Waals surface area contributed by atoms with Gasteiger partial charge in [0.1, 0.15) is 18.3 Å². The maximum atomic E-state index is 12.7. The Balaban J connectivity index is 1.71. The highest BCUT2D eigenvalue weighted by atomic mass is 16.5. The van der Waals surface area contributed by atoms with E-state index in [1.54, 1.807) is 13.1 Å². The van der Waals surface area contributed by atoms with Crippen LogP contribution in [0.2, 0.25) is 0 Å². The molecule has 154 valence electrons. The average molecular weight is 389 g/mol. The van der Waals surface area contributed by atoms with Crippen LogP contribution in [0.4, 0.5) is 0 Å². The third-order valence-electron chi connectivity index (χ3n) is 5.14. The van der Waals surface area contributed by atoms with E-state index >= 15 is 0 Å². The summed E-state index contributed by atoms with van der Waals surface area (Å²) in [7, 11) is 1.57. The molecular formula is C21H31N3O4. The summed E-state index contributed by atoms with van der Waals surface area (Å²) in [5.74, 6) is 0.692. The number of carbonyl (C=O) groups excluding carboxylic acids is 2. The fraction of sp³-hybridized carbons (Fsp3) is 0.667. The van der Waals surface area contributed by atoms with Crippen molar-refractivity contribution in [1.82, 2.24) is 15.6 Å². The van der Waals surface area contributed by atoms with Gasteiger partial charge in [0.15, 0.2) is 0 Å². The Morgan fingerprint density at radius 3 is 2.68 bits per heavy atom. The molecule has 1 unspecified atom stereocenters. The van der Waals surface area contributed by atoms with Gasteiger partial charge in [0.05, 0.1) is 6.10 Å². The van der Waals surface area contributed by atoms with Gasteiger partial charge in [-0.25, -0.2) is 4.98 Å². The minimum Gasteiger partial charge on any atom is -0.475 e. The zero-order valence-electron chi connectivity index (χ0n) is 17.0. The van der Waals surface area contributed by atoms with E-state index < -0.39 is 6.04 Å². The molecule has 1 saturated heterocycles. The Morgan fingerprint density at radius 1 is 1.29 bits per heavy atom. The quantitative estimate of drug-likeness (QED) is 0.677. The van der Waals surface area contributed by atoms with Crippen molar-refractivity contribution in [2.75, 3.05) is 20.3 Å². The molecule has 1 aromatic rings. The summed E-state index contributed by atoms with van der Waals surface area (Å²) in [4.78, 5) is 29.3. The number of nitrogens with one attached hydrogen (secondary N) is 2. The van der Waals surface area contributed by atoms with Crippen molar-refractivity contribution < 1.29 is 19.1 Å². The second-order valence-electron chi connectivity index (χ2n) is 8.08. The first-order valence-corrected chi connectivity index (χ1v) is 10.3. The molecule has 2 fully saturated rings. The lowest BCUT2D eigenvalue weighted by atomic mass is 10.0. The Kier molecular flexibility index (Phi) is 6.88. The number of rotatable bonds is 9. The van der Waals surface area contributed by atoms with Crippen molar-refractivity contribution in [3.8, 4) is 5.88 Å². The smallest absolute Gasteiger partial charge is 0.270 e. The summed E-state index contributed by atoms with van der Waals surface area (Å²) in [6.45, 7) is 5.26. The Bertz CT molecular complexity index is 697. The van der Waals surface area contributed by atoms with E-state index in [2.05, 4.69) is 15.6 Å². The molecule has 2 amide bonds. The lowest BCUT2D eigenvalue weighted by Gasteiger charge is -2.19. The number of likely N-dealkylation sites (N-methyl/N-ethyl adjacent to an activating group) is 1. The number of amides is 2. The van der Waals surface area contributed by atoms with Gasteiger partial charge in [-0.1, -0.05) is 19.9 Å². The van der Waals surface area contributed by atoms with Crippen molar-refractivity contribution in [2.24, 2.45) is 5.92 Å². The van der Waals surface area contributed by atoms with Crippen LogP contribution in [0, 0.1) is 5.92 Å². The molecule has 2 atom stereocenters. The van der Waals surface area contributed by atoms with Crippen LogP contribution in [0.25, 0.3) is 0 Å². The van der Waals surface area contributed by atoms with Crippen LogP contribution < -0.4 is 15.4 Å². The lowest BCUT2D eigenvalue weighted by Crippen LogP contribution is -2.46. The molecule has 2 aliphatic rings. The number of ether oxygens (including phenoxy) is 2. The molecular weight excluding hydrogens is 358 g/mol. The zero-order chi connectivity index (χ0) is 20.1. The molecule has 7 heteroatoms. The van der Waals surface area contributed by atoms with E-state index in [0.717, 1.165) is 37.9 Å².